The van der Waals surface area contributed by atoms with Crippen LogP contribution in [0.25, 0.3) is 0 Å². The number of rotatable bonds is 5. The van der Waals surface area contributed by atoms with E-state index in [-0.39, 0.29) is 11.9 Å². The van der Waals surface area contributed by atoms with Crippen LogP contribution in [0.1, 0.15) is 36.8 Å². The molecule has 3 nitrogen and oxygen atoms in total. The van der Waals surface area contributed by atoms with Gasteiger partial charge in [0.05, 0.1) is 16.4 Å². The van der Waals surface area contributed by atoms with Crippen LogP contribution in [0.3, 0.4) is 0 Å². The van der Waals surface area contributed by atoms with Crippen molar-refractivity contribution >= 4 is 11.6 Å². The van der Waals surface area contributed by atoms with Gasteiger partial charge in [0.2, 0.25) is 0 Å². The van der Waals surface area contributed by atoms with Gasteiger partial charge in [-0.25, -0.2) is 4.39 Å². The minimum atomic E-state index is -0.219. The normalized spacial score (nSPS) is 12.7. The van der Waals surface area contributed by atoms with Crippen molar-refractivity contribution in [3.63, 3.8) is 0 Å². The Morgan fingerprint density at radius 2 is 2.00 bits per heavy atom. The van der Waals surface area contributed by atoms with Crippen LogP contribution in [0.5, 0.6) is 0 Å². The molecule has 1 unspecified atom stereocenters. The van der Waals surface area contributed by atoms with Gasteiger partial charge in [-0.2, -0.15) is 5.10 Å². The van der Waals surface area contributed by atoms with Crippen LogP contribution in [0.4, 0.5) is 4.39 Å². The Labute approximate surface area is 123 Å². The fraction of sp³-hybridized carbons (Fsp3) is 0.400. The van der Waals surface area contributed by atoms with E-state index in [1.54, 1.807) is 12.1 Å². The average molecular weight is 296 g/mol. The predicted molar refractivity (Wildman–Crippen MR) is 79.3 cm³/mol. The monoisotopic (exact) mass is 295 g/mol. The molecule has 0 fully saturated rings. The minimum Gasteiger partial charge on any atom is -0.305 e. The molecule has 5 heteroatoms. The molecule has 108 valence electrons. The first kappa shape index (κ1) is 15.0. The molecular weight excluding hydrogens is 277 g/mol. The van der Waals surface area contributed by atoms with Crippen LogP contribution in [0.15, 0.2) is 24.3 Å². The minimum absolute atomic E-state index is 0.117. The number of hydrogen-bond donors (Lipinski definition) is 1. The van der Waals surface area contributed by atoms with Crippen molar-refractivity contribution in [1.82, 2.24) is 15.1 Å². The third kappa shape index (κ3) is 3.19. The maximum Gasteiger partial charge on any atom is 0.123 e. The van der Waals surface area contributed by atoms with Crippen molar-refractivity contribution in [2.75, 3.05) is 0 Å². The van der Waals surface area contributed by atoms with Gasteiger partial charge in [-0.1, -0.05) is 30.7 Å². The number of nitrogens with one attached hydrogen (secondary N) is 1. The van der Waals surface area contributed by atoms with Gasteiger partial charge >= 0.3 is 0 Å². The van der Waals surface area contributed by atoms with Crippen LogP contribution >= 0.6 is 11.6 Å². The summed E-state index contributed by atoms with van der Waals surface area (Å²) in [6, 6.07) is 6.64. The molecule has 1 N–H and O–H groups in total. The molecule has 0 saturated heterocycles. The lowest BCUT2D eigenvalue weighted by Crippen LogP contribution is -2.20. The van der Waals surface area contributed by atoms with Crippen molar-refractivity contribution in [2.45, 2.75) is 32.9 Å². The molecule has 0 bridgehead atoms. The lowest BCUT2D eigenvalue weighted by molar-refractivity contribution is 0.546. The van der Waals surface area contributed by atoms with Crippen molar-refractivity contribution in [3.8, 4) is 0 Å². The number of aromatic nitrogens is 2. The summed E-state index contributed by atoms with van der Waals surface area (Å²) < 4.78 is 14.7. The van der Waals surface area contributed by atoms with Gasteiger partial charge in [0, 0.05) is 19.6 Å². The fourth-order valence-electron chi connectivity index (χ4n) is 2.13. The molecule has 0 amide bonds. The van der Waals surface area contributed by atoms with E-state index in [0.29, 0.717) is 6.54 Å². The smallest absolute Gasteiger partial charge is 0.123 e. The Bertz CT molecular complexity index is 578. The van der Waals surface area contributed by atoms with Crippen LogP contribution < -0.4 is 5.32 Å². The summed E-state index contributed by atoms with van der Waals surface area (Å²) in [6.45, 7) is 4.70. The molecule has 2 rings (SSSR count). The Morgan fingerprint density at radius 3 is 2.55 bits per heavy atom. The molecule has 0 saturated carbocycles. The van der Waals surface area contributed by atoms with Crippen molar-refractivity contribution in [1.29, 1.82) is 0 Å². The maximum absolute atomic E-state index is 12.9. The van der Waals surface area contributed by atoms with E-state index in [0.717, 1.165) is 28.4 Å². The highest BCUT2D eigenvalue weighted by atomic mass is 35.5. The first-order valence-electron chi connectivity index (χ1n) is 6.72. The second-order valence-corrected chi connectivity index (χ2v) is 5.22. The highest BCUT2D eigenvalue weighted by Crippen LogP contribution is 2.22. The van der Waals surface area contributed by atoms with Gasteiger partial charge in [0.15, 0.2) is 0 Å². The first-order chi connectivity index (χ1) is 9.52. The highest BCUT2D eigenvalue weighted by Gasteiger charge is 2.14. The van der Waals surface area contributed by atoms with Gasteiger partial charge in [-0.15, -0.1) is 0 Å². The van der Waals surface area contributed by atoms with E-state index in [1.807, 2.05) is 25.6 Å². The molecule has 2 aromatic rings. The molecule has 1 aromatic carbocycles. The lowest BCUT2D eigenvalue weighted by Gasteiger charge is -2.14. The quantitative estimate of drug-likeness (QED) is 0.913. The molecule has 1 atom stereocenters. The topological polar surface area (TPSA) is 29.9 Å². The Balaban J connectivity index is 2.05. The van der Waals surface area contributed by atoms with E-state index in [2.05, 4.69) is 10.4 Å². The van der Waals surface area contributed by atoms with E-state index >= 15 is 0 Å². The van der Waals surface area contributed by atoms with Gasteiger partial charge in [-0.05, 0) is 31.0 Å². The third-order valence-electron chi connectivity index (χ3n) is 3.45. The molecule has 0 radical (unpaired) electrons. The standard InChI is InChI=1S/C15H19ClFN3/c1-4-13-15(16)14(20(3)19-13)9-18-10(2)11-5-7-12(17)8-6-11/h5-8,10,18H,4,9H2,1-3H3. The number of halogens is 2. The Hall–Kier alpha value is -1.39. The SMILES string of the molecule is CCc1nn(C)c(CNC(C)c2ccc(F)cc2)c1Cl. The summed E-state index contributed by atoms with van der Waals surface area (Å²) in [5, 5.41) is 8.50. The highest BCUT2D eigenvalue weighted by molar-refractivity contribution is 6.31. The predicted octanol–water partition coefficient (Wildman–Crippen LogP) is 3.63. The molecule has 0 aliphatic carbocycles. The summed E-state index contributed by atoms with van der Waals surface area (Å²) in [5.41, 5.74) is 2.93. The molecule has 20 heavy (non-hydrogen) atoms. The summed E-state index contributed by atoms with van der Waals surface area (Å²) >= 11 is 6.31. The van der Waals surface area contributed by atoms with Crippen molar-refractivity contribution < 1.29 is 4.39 Å². The molecule has 1 aromatic heterocycles. The maximum atomic E-state index is 12.9. The van der Waals surface area contributed by atoms with Gasteiger partial charge < -0.3 is 5.32 Å². The van der Waals surface area contributed by atoms with E-state index in [9.17, 15) is 4.39 Å². The van der Waals surface area contributed by atoms with Gasteiger partial charge in [-0.3, -0.25) is 4.68 Å². The third-order valence-corrected chi connectivity index (χ3v) is 3.88. The fourth-order valence-corrected chi connectivity index (χ4v) is 2.49. The lowest BCUT2D eigenvalue weighted by atomic mass is 10.1. The first-order valence-corrected chi connectivity index (χ1v) is 7.09. The van der Waals surface area contributed by atoms with E-state index in [4.69, 9.17) is 11.6 Å². The van der Waals surface area contributed by atoms with Gasteiger partial charge in [0.1, 0.15) is 5.82 Å². The summed E-state index contributed by atoms with van der Waals surface area (Å²) in [7, 11) is 1.89. The van der Waals surface area contributed by atoms with Gasteiger partial charge in [0.25, 0.3) is 0 Å². The Kier molecular flexibility index (Phi) is 4.78. The number of nitrogens with zero attached hydrogens (tertiary/aromatic N) is 2. The second-order valence-electron chi connectivity index (χ2n) is 4.84. The summed E-state index contributed by atoms with van der Waals surface area (Å²) in [5.74, 6) is -0.219. The zero-order chi connectivity index (χ0) is 14.7. The molecule has 0 aliphatic heterocycles. The molecular formula is C15H19ClFN3. The van der Waals surface area contributed by atoms with Crippen LogP contribution in [-0.2, 0) is 20.0 Å². The zero-order valence-corrected chi connectivity index (χ0v) is 12.7. The number of benzene rings is 1. The van der Waals surface area contributed by atoms with Crippen molar-refractivity contribution in [3.05, 3.63) is 52.1 Å². The van der Waals surface area contributed by atoms with Crippen LogP contribution in [-0.4, -0.2) is 9.78 Å². The molecule has 1 heterocycles. The van der Waals surface area contributed by atoms with Crippen LogP contribution in [0.2, 0.25) is 5.02 Å². The van der Waals surface area contributed by atoms with E-state index in [1.165, 1.54) is 12.1 Å². The summed E-state index contributed by atoms with van der Waals surface area (Å²) in [4.78, 5) is 0. The van der Waals surface area contributed by atoms with E-state index < -0.39 is 0 Å². The number of hydrogen-bond acceptors (Lipinski definition) is 2. The Morgan fingerprint density at radius 1 is 1.35 bits per heavy atom. The molecule has 0 spiro atoms. The largest absolute Gasteiger partial charge is 0.305 e. The summed E-state index contributed by atoms with van der Waals surface area (Å²) in [6.07, 6.45) is 0.820. The van der Waals surface area contributed by atoms with Crippen LogP contribution in [0, 0.1) is 5.82 Å². The molecule has 0 aliphatic rings. The second kappa shape index (κ2) is 6.37. The number of aryl methyl sites for hydroxylation is 2. The van der Waals surface area contributed by atoms with Crippen molar-refractivity contribution in [2.24, 2.45) is 7.05 Å². The zero-order valence-electron chi connectivity index (χ0n) is 12.0. The average Bonchev–Trinajstić information content (AvgIpc) is 2.71.